The molecule has 2 atom stereocenters. The van der Waals surface area contributed by atoms with Gasteiger partial charge < -0.3 is 28.4 Å². The number of hydroxylamine groups is 2. The van der Waals surface area contributed by atoms with Crippen LogP contribution in [0.2, 0.25) is 0 Å². The van der Waals surface area contributed by atoms with Crippen LogP contribution in [0.4, 0.5) is 4.79 Å². The number of hydrogen-bond acceptors (Lipinski definition) is 8. The Hall–Kier alpha value is -4.18. The number of benzene rings is 3. The molecule has 1 fully saturated rings. The summed E-state index contributed by atoms with van der Waals surface area (Å²) in [5, 5.41) is 3.85. The van der Waals surface area contributed by atoms with Gasteiger partial charge in [0.2, 0.25) is 0 Å². The molecule has 0 aliphatic carbocycles. The van der Waals surface area contributed by atoms with E-state index in [1.165, 1.54) is 11.5 Å². The number of carbonyl (C=O) groups is 1. The lowest BCUT2D eigenvalue weighted by Crippen LogP contribution is -2.48. The molecular formula is C36H42N2O7. The first kappa shape index (κ1) is 32.2. The summed E-state index contributed by atoms with van der Waals surface area (Å²) in [5.41, 5.74) is 1.26. The fourth-order valence-electron chi connectivity index (χ4n) is 5.28. The van der Waals surface area contributed by atoms with E-state index < -0.39 is 17.8 Å². The number of rotatable bonds is 12. The maximum Gasteiger partial charge on any atom is 0.528 e. The summed E-state index contributed by atoms with van der Waals surface area (Å²) in [7, 11) is 0. The summed E-state index contributed by atoms with van der Waals surface area (Å²) in [6.07, 6.45) is 1.90. The van der Waals surface area contributed by atoms with Gasteiger partial charge in [0.05, 0.1) is 45.1 Å². The zero-order chi connectivity index (χ0) is 31.6. The summed E-state index contributed by atoms with van der Waals surface area (Å²) < 4.78 is 25.0. The standard InChI is InChI=1S/C36H42N2O7/c1-36(2,3)44-35(40)45-37-18-17-33(43-26-28-14-15-29-12-7-8-13-30(29)22-28)32(24-37)38-19-16-31(23-34(38)39)42-21-9-20-41-25-27-10-5-4-6-11-27/h4-8,10-16,19,22-23,32-33H,9,17-18,20-21,24-26H2,1-3H3. The van der Waals surface area contributed by atoms with Gasteiger partial charge in [-0.1, -0.05) is 66.7 Å². The first-order chi connectivity index (χ1) is 21.7. The highest BCUT2D eigenvalue weighted by molar-refractivity contribution is 5.82. The van der Waals surface area contributed by atoms with Crippen LogP contribution in [0.25, 0.3) is 10.8 Å². The molecule has 0 radical (unpaired) electrons. The van der Waals surface area contributed by atoms with Crippen LogP contribution in [0.3, 0.4) is 0 Å². The highest BCUT2D eigenvalue weighted by Gasteiger charge is 2.34. The fraction of sp³-hybridized carbons (Fsp3) is 0.389. The summed E-state index contributed by atoms with van der Waals surface area (Å²) in [5.74, 6) is 0.491. The quantitative estimate of drug-likeness (QED) is 0.129. The van der Waals surface area contributed by atoms with Crippen LogP contribution in [-0.2, 0) is 32.3 Å². The van der Waals surface area contributed by atoms with Crippen molar-refractivity contribution in [2.45, 2.75) is 64.6 Å². The maximum absolute atomic E-state index is 13.4. The van der Waals surface area contributed by atoms with E-state index in [0.717, 1.165) is 16.5 Å². The van der Waals surface area contributed by atoms with Crippen molar-refractivity contribution in [1.82, 2.24) is 9.63 Å². The number of hydrogen-bond donors (Lipinski definition) is 0. The number of carbonyl (C=O) groups excluding carboxylic acids is 1. The van der Waals surface area contributed by atoms with E-state index in [0.29, 0.717) is 51.6 Å². The van der Waals surface area contributed by atoms with Gasteiger partial charge in [0.15, 0.2) is 0 Å². The highest BCUT2D eigenvalue weighted by Crippen LogP contribution is 2.27. The van der Waals surface area contributed by atoms with Crippen LogP contribution in [-0.4, -0.2) is 53.8 Å². The maximum atomic E-state index is 13.4. The third-order valence-corrected chi connectivity index (χ3v) is 7.44. The summed E-state index contributed by atoms with van der Waals surface area (Å²) >= 11 is 0. The van der Waals surface area contributed by atoms with Gasteiger partial charge in [0.25, 0.3) is 5.56 Å². The average Bonchev–Trinajstić information content (AvgIpc) is 3.01. The van der Waals surface area contributed by atoms with Gasteiger partial charge in [-0.15, -0.1) is 5.06 Å². The van der Waals surface area contributed by atoms with E-state index in [2.05, 4.69) is 30.3 Å². The molecular weight excluding hydrogens is 572 g/mol. The third-order valence-electron chi connectivity index (χ3n) is 7.44. The number of piperidine rings is 1. The fourth-order valence-corrected chi connectivity index (χ4v) is 5.28. The van der Waals surface area contributed by atoms with E-state index in [9.17, 15) is 9.59 Å². The zero-order valence-corrected chi connectivity index (χ0v) is 26.2. The zero-order valence-electron chi connectivity index (χ0n) is 26.2. The van der Waals surface area contributed by atoms with Crippen LogP contribution in [0.15, 0.2) is 95.9 Å². The molecule has 3 aromatic carbocycles. The molecule has 45 heavy (non-hydrogen) atoms. The monoisotopic (exact) mass is 614 g/mol. The topological polar surface area (TPSA) is 88.5 Å². The smallest absolute Gasteiger partial charge is 0.493 e. The van der Waals surface area contributed by atoms with Crippen LogP contribution in [0.5, 0.6) is 5.75 Å². The molecule has 5 rings (SSSR count). The van der Waals surface area contributed by atoms with Gasteiger partial charge in [0, 0.05) is 25.2 Å². The second kappa shape index (κ2) is 15.2. The molecule has 4 aromatic rings. The first-order valence-corrected chi connectivity index (χ1v) is 15.5. The summed E-state index contributed by atoms with van der Waals surface area (Å²) in [6.45, 7) is 7.98. The van der Waals surface area contributed by atoms with E-state index in [1.807, 2.05) is 42.5 Å². The minimum absolute atomic E-state index is 0.226. The number of fused-ring (bicyclic) bond motifs is 1. The third kappa shape index (κ3) is 9.65. The lowest BCUT2D eigenvalue weighted by Gasteiger charge is -2.38. The molecule has 0 N–H and O–H groups in total. The molecule has 238 valence electrons. The number of aromatic nitrogens is 1. The van der Waals surface area contributed by atoms with Gasteiger partial charge >= 0.3 is 6.16 Å². The van der Waals surface area contributed by atoms with Crippen LogP contribution in [0, 0.1) is 0 Å². The number of nitrogens with zero attached hydrogens (tertiary/aromatic N) is 2. The Morgan fingerprint density at radius 1 is 0.867 bits per heavy atom. The Kier molecular flexibility index (Phi) is 10.9. The molecule has 0 saturated carbocycles. The predicted molar refractivity (Wildman–Crippen MR) is 172 cm³/mol. The minimum atomic E-state index is -0.777. The van der Waals surface area contributed by atoms with E-state index in [1.54, 1.807) is 42.7 Å². The Bertz CT molecular complexity index is 1600. The molecule has 0 spiro atoms. The largest absolute Gasteiger partial charge is 0.528 e. The molecule has 2 unspecified atom stereocenters. The second-order valence-corrected chi connectivity index (χ2v) is 12.2. The molecule has 1 aliphatic rings. The van der Waals surface area contributed by atoms with Crippen molar-refractivity contribution in [3.63, 3.8) is 0 Å². The molecule has 9 heteroatoms. The van der Waals surface area contributed by atoms with Crippen LogP contribution < -0.4 is 10.3 Å². The van der Waals surface area contributed by atoms with Gasteiger partial charge in [0.1, 0.15) is 11.4 Å². The molecule has 1 aliphatic heterocycles. The first-order valence-electron chi connectivity index (χ1n) is 15.5. The molecule has 9 nitrogen and oxygen atoms in total. The Morgan fingerprint density at radius 2 is 1.64 bits per heavy atom. The lowest BCUT2D eigenvalue weighted by atomic mass is 10.0. The van der Waals surface area contributed by atoms with Crippen LogP contribution in [0.1, 0.15) is 50.8 Å². The van der Waals surface area contributed by atoms with Gasteiger partial charge in [-0.2, -0.15) is 0 Å². The average molecular weight is 615 g/mol. The molecule has 0 amide bonds. The molecule has 1 saturated heterocycles. The van der Waals surface area contributed by atoms with Crippen molar-refractivity contribution in [3.8, 4) is 5.75 Å². The molecule has 1 aromatic heterocycles. The minimum Gasteiger partial charge on any atom is -0.493 e. The summed E-state index contributed by atoms with van der Waals surface area (Å²) in [4.78, 5) is 31.3. The van der Waals surface area contributed by atoms with Crippen molar-refractivity contribution < 1.29 is 28.6 Å². The highest BCUT2D eigenvalue weighted by atomic mass is 16.8. The lowest BCUT2D eigenvalue weighted by molar-refractivity contribution is -0.178. The normalized spacial score (nSPS) is 17.2. The SMILES string of the molecule is CC(C)(C)OC(=O)ON1CCC(OCc2ccc3ccccc3c2)C(n2ccc(OCCCOCc3ccccc3)cc2=O)C1. The second-order valence-electron chi connectivity index (χ2n) is 12.2. The van der Waals surface area contributed by atoms with E-state index in [-0.39, 0.29) is 18.2 Å². The Balaban J connectivity index is 1.22. The van der Waals surface area contributed by atoms with Crippen molar-refractivity contribution in [3.05, 3.63) is 113 Å². The Morgan fingerprint density at radius 3 is 2.42 bits per heavy atom. The van der Waals surface area contributed by atoms with Gasteiger partial charge in [-0.3, -0.25) is 4.79 Å². The van der Waals surface area contributed by atoms with Crippen molar-refractivity contribution in [1.29, 1.82) is 0 Å². The number of pyridine rings is 1. The van der Waals surface area contributed by atoms with Crippen molar-refractivity contribution in [2.24, 2.45) is 0 Å². The molecule has 2 heterocycles. The number of ether oxygens (including phenoxy) is 4. The Labute approximate surface area is 264 Å². The van der Waals surface area contributed by atoms with E-state index >= 15 is 0 Å². The van der Waals surface area contributed by atoms with Gasteiger partial charge in [-0.05, 0) is 61.2 Å². The van der Waals surface area contributed by atoms with Crippen molar-refractivity contribution >= 4 is 16.9 Å². The predicted octanol–water partition coefficient (Wildman–Crippen LogP) is 6.69. The molecule has 0 bridgehead atoms. The van der Waals surface area contributed by atoms with E-state index in [4.69, 9.17) is 23.8 Å². The van der Waals surface area contributed by atoms with Gasteiger partial charge in [-0.25, -0.2) is 4.79 Å². The summed E-state index contributed by atoms with van der Waals surface area (Å²) in [6, 6.07) is 27.3. The van der Waals surface area contributed by atoms with Crippen LogP contribution >= 0.6 is 0 Å². The van der Waals surface area contributed by atoms with Crippen molar-refractivity contribution in [2.75, 3.05) is 26.3 Å².